The van der Waals surface area contributed by atoms with Crippen LogP contribution >= 0.6 is 15.9 Å². The van der Waals surface area contributed by atoms with Gasteiger partial charge in [0, 0.05) is 22.8 Å². The molecule has 2 rings (SSSR count). The molecular formula is C16H19BrN2O. The molecule has 106 valence electrons. The minimum absolute atomic E-state index is 0.662. The standard InChI is InChI=1S/C16H19BrN2O/c1-3-12-7-5-6-8-15(12)20-16-13(10-18-4-2)9-14(17)11-19-16/h5-9,11,18H,3-4,10H2,1-2H3. The Labute approximate surface area is 128 Å². The normalized spacial score (nSPS) is 10.6. The van der Waals surface area contributed by atoms with Crippen LogP contribution < -0.4 is 10.1 Å². The summed E-state index contributed by atoms with van der Waals surface area (Å²) in [5.74, 6) is 1.54. The van der Waals surface area contributed by atoms with Crippen molar-refractivity contribution in [3.05, 3.63) is 52.1 Å². The molecule has 1 N–H and O–H groups in total. The Morgan fingerprint density at radius 3 is 2.75 bits per heavy atom. The van der Waals surface area contributed by atoms with Crippen molar-refractivity contribution in [2.45, 2.75) is 26.8 Å². The van der Waals surface area contributed by atoms with Gasteiger partial charge in [-0.25, -0.2) is 4.98 Å². The first kappa shape index (κ1) is 15.0. The third kappa shape index (κ3) is 3.81. The topological polar surface area (TPSA) is 34.2 Å². The van der Waals surface area contributed by atoms with Gasteiger partial charge in [0.05, 0.1) is 0 Å². The van der Waals surface area contributed by atoms with Crippen LogP contribution in [-0.4, -0.2) is 11.5 Å². The van der Waals surface area contributed by atoms with E-state index in [1.165, 1.54) is 5.56 Å². The molecule has 0 radical (unpaired) electrons. The highest BCUT2D eigenvalue weighted by atomic mass is 79.9. The Balaban J connectivity index is 2.28. The lowest BCUT2D eigenvalue weighted by atomic mass is 10.1. The summed E-state index contributed by atoms with van der Waals surface area (Å²) in [6.45, 7) is 5.86. The minimum Gasteiger partial charge on any atom is -0.438 e. The zero-order chi connectivity index (χ0) is 14.4. The Bertz CT molecular complexity index is 572. The van der Waals surface area contributed by atoms with Gasteiger partial charge in [-0.3, -0.25) is 0 Å². The Morgan fingerprint density at radius 2 is 2.00 bits per heavy atom. The van der Waals surface area contributed by atoms with E-state index in [1.54, 1.807) is 6.20 Å². The summed E-state index contributed by atoms with van der Waals surface area (Å²) >= 11 is 3.46. The van der Waals surface area contributed by atoms with Gasteiger partial charge in [-0.2, -0.15) is 0 Å². The fraction of sp³-hybridized carbons (Fsp3) is 0.312. The molecule has 0 amide bonds. The number of benzene rings is 1. The molecule has 0 aliphatic carbocycles. The Kier molecular flexibility index (Phi) is 5.56. The zero-order valence-corrected chi connectivity index (χ0v) is 13.4. The first-order chi connectivity index (χ1) is 9.74. The number of hydrogen-bond donors (Lipinski definition) is 1. The summed E-state index contributed by atoms with van der Waals surface area (Å²) in [5, 5.41) is 3.31. The number of ether oxygens (including phenoxy) is 1. The molecule has 0 spiro atoms. The molecule has 4 heteroatoms. The molecule has 2 aromatic rings. The molecule has 1 heterocycles. The van der Waals surface area contributed by atoms with Gasteiger partial charge < -0.3 is 10.1 Å². The maximum Gasteiger partial charge on any atom is 0.223 e. The molecule has 0 atom stereocenters. The number of halogens is 1. The molecule has 1 aromatic carbocycles. The predicted molar refractivity (Wildman–Crippen MR) is 85.2 cm³/mol. The summed E-state index contributed by atoms with van der Waals surface area (Å²) in [6, 6.07) is 10.1. The van der Waals surface area contributed by atoms with E-state index in [2.05, 4.69) is 46.1 Å². The van der Waals surface area contributed by atoms with E-state index >= 15 is 0 Å². The Hall–Kier alpha value is -1.39. The molecule has 20 heavy (non-hydrogen) atoms. The largest absolute Gasteiger partial charge is 0.438 e. The highest BCUT2D eigenvalue weighted by Gasteiger charge is 2.09. The van der Waals surface area contributed by atoms with Crippen molar-refractivity contribution < 1.29 is 4.74 Å². The van der Waals surface area contributed by atoms with E-state index in [1.807, 2.05) is 24.3 Å². The minimum atomic E-state index is 0.662. The summed E-state index contributed by atoms with van der Waals surface area (Å²) in [7, 11) is 0. The lowest BCUT2D eigenvalue weighted by Crippen LogP contribution is -2.13. The van der Waals surface area contributed by atoms with E-state index in [-0.39, 0.29) is 0 Å². The molecule has 0 bridgehead atoms. The average Bonchev–Trinajstić information content (AvgIpc) is 2.48. The number of para-hydroxylation sites is 1. The highest BCUT2D eigenvalue weighted by molar-refractivity contribution is 9.10. The van der Waals surface area contributed by atoms with Crippen LogP contribution in [0.3, 0.4) is 0 Å². The van der Waals surface area contributed by atoms with Gasteiger partial charge in [0.25, 0.3) is 0 Å². The van der Waals surface area contributed by atoms with Gasteiger partial charge in [0.15, 0.2) is 0 Å². The van der Waals surface area contributed by atoms with Crippen LogP contribution in [0.5, 0.6) is 11.6 Å². The first-order valence-electron chi connectivity index (χ1n) is 6.85. The number of pyridine rings is 1. The molecule has 0 saturated carbocycles. The van der Waals surface area contributed by atoms with Crippen molar-refractivity contribution in [2.75, 3.05) is 6.54 Å². The van der Waals surface area contributed by atoms with Crippen LogP contribution in [0, 0.1) is 0 Å². The van der Waals surface area contributed by atoms with E-state index in [9.17, 15) is 0 Å². The Morgan fingerprint density at radius 1 is 1.20 bits per heavy atom. The van der Waals surface area contributed by atoms with Crippen molar-refractivity contribution in [1.82, 2.24) is 10.3 Å². The van der Waals surface area contributed by atoms with Crippen LogP contribution in [0.1, 0.15) is 25.0 Å². The molecule has 0 fully saturated rings. The molecular weight excluding hydrogens is 316 g/mol. The smallest absolute Gasteiger partial charge is 0.223 e. The second kappa shape index (κ2) is 7.41. The molecule has 3 nitrogen and oxygen atoms in total. The number of nitrogens with zero attached hydrogens (tertiary/aromatic N) is 1. The van der Waals surface area contributed by atoms with Gasteiger partial charge in [-0.15, -0.1) is 0 Å². The molecule has 0 saturated heterocycles. The zero-order valence-electron chi connectivity index (χ0n) is 11.8. The summed E-state index contributed by atoms with van der Waals surface area (Å²) in [5.41, 5.74) is 2.23. The summed E-state index contributed by atoms with van der Waals surface area (Å²) < 4.78 is 6.97. The number of aromatic nitrogens is 1. The molecule has 1 aromatic heterocycles. The number of hydrogen-bond acceptors (Lipinski definition) is 3. The van der Waals surface area contributed by atoms with Crippen LogP contribution in [0.4, 0.5) is 0 Å². The first-order valence-corrected chi connectivity index (χ1v) is 7.64. The number of rotatable bonds is 6. The van der Waals surface area contributed by atoms with Gasteiger partial charge in [0.2, 0.25) is 5.88 Å². The quantitative estimate of drug-likeness (QED) is 0.854. The lowest BCUT2D eigenvalue weighted by molar-refractivity contribution is 0.448. The second-order valence-electron chi connectivity index (χ2n) is 4.46. The van der Waals surface area contributed by atoms with Crippen molar-refractivity contribution in [1.29, 1.82) is 0 Å². The third-order valence-corrected chi connectivity index (χ3v) is 3.45. The average molecular weight is 335 g/mol. The van der Waals surface area contributed by atoms with Crippen molar-refractivity contribution in [2.24, 2.45) is 0 Å². The van der Waals surface area contributed by atoms with Crippen LogP contribution in [0.15, 0.2) is 41.0 Å². The fourth-order valence-corrected chi connectivity index (χ4v) is 2.33. The van der Waals surface area contributed by atoms with Crippen LogP contribution in [0.25, 0.3) is 0 Å². The van der Waals surface area contributed by atoms with Gasteiger partial charge in [-0.05, 0) is 46.6 Å². The fourth-order valence-electron chi connectivity index (χ4n) is 1.95. The molecule has 0 aliphatic heterocycles. The van der Waals surface area contributed by atoms with E-state index in [0.29, 0.717) is 5.88 Å². The van der Waals surface area contributed by atoms with Gasteiger partial charge >= 0.3 is 0 Å². The lowest BCUT2D eigenvalue weighted by Gasteiger charge is -2.13. The highest BCUT2D eigenvalue weighted by Crippen LogP contribution is 2.28. The van der Waals surface area contributed by atoms with Crippen molar-refractivity contribution in [3.8, 4) is 11.6 Å². The monoisotopic (exact) mass is 334 g/mol. The predicted octanol–water partition coefficient (Wildman–Crippen LogP) is 4.31. The maximum atomic E-state index is 6.01. The number of aryl methyl sites for hydroxylation is 1. The van der Waals surface area contributed by atoms with E-state index in [0.717, 1.165) is 35.3 Å². The molecule has 0 aliphatic rings. The second-order valence-corrected chi connectivity index (χ2v) is 5.38. The van der Waals surface area contributed by atoms with Crippen LogP contribution in [0.2, 0.25) is 0 Å². The maximum absolute atomic E-state index is 6.01. The molecule has 0 unspecified atom stereocenters. The summed E-state index contributed by atoms with van der Waals surface area (Å²) in [4.78, 5) is 4.39. The van der Waals surface area contributed by atoms with E-state index in [4.69, 9.17) is 4.74 Å². The number of nitrogens with one attached hydrogen (secondary N) is 1. The van der Waals surface area contributed by atoms with Gasteiger partial charge in [-0.1, -0.05) is 32.0 Å². The van der Waals surface area contributed by atoms with Crippen LogP contribution in [-0.2, 0) is 13.0 Å². The third-order valence-electron chi connectivity index (χ3n) is 3.02. The van der Waals surface area contributed by atoms with Crippen molar-refractivity contribution in [3.63, 3.8) is 0 Å². The summed E-state index contributed by atoms with van der Waals surface area (Å²) in [6.07, 6.45) is 2.70. The van der Waals surface area contributed by atoms with Gasteiger partial charge in [0.1, 0.15) is 5.75 Å². The van der Waals surface area contributed by atoms with Crippen molar-refractivity contribution >= 4 is 15.9 Å². The SMILES string of the molecule is CCNCc1cc(Br)cnc1Oc1ccccc1CC. The van der Waals surface area contributed by atoms with E-state index < -0.39 is 0 Å².